The minimum absolute atomic E-state index is 0.190. The van der Waals surface area contributed by atoms with Crippen LogP contribution in [0.4, 0.5) is 0 Å². The van der Waals surface area contributed by atoms with Crippen molar-refractivity contribution in [1.82, 2.24) is 0 Å². The molecule has 1 aromatic carbocycles. The number of aliphatic hydroxyl groups excluding tert-OH is 1. The summed E-state index contributed by atoms with van der Waals surface area (Å²) in [4.78, 5) is 1.01. The molecule has 3 N–H and O–H groups in total. The lowest BCUT2D eigenvalue weighted by Gasteiger charge is -2.16. The first-order chi connectivity index (χ1) is 7.06. The number of rotatable bonds is 4. The zero-order valence-corrected chi connectivity index (χ0v) is 10.5. The smallest absolute Gasteiger partial charge is 0.0937 e. The van der Waals surface area contributed by atoms with E-state index in [-0.39, 0.29) is 6.54 Å². The topological polar surface area (TPSA) is 46.2 Å². The average molecular weight is 246 g/mol. The number of thioether (sulfide) groups is 1. The zero-order chi connectivity index (χ0) is 11.4. The number of benzene rings is 1. The molecule has 0 unspecified atom stereocenters. The van der Waals surface area contributed by atoms with Gasteiger partial charge in [0.25, 0.3) is 0 Å². The van der Waals surface area contributed by atoms with Gasteiger partial charge in [-0.3, -0.25) is 0 Å². The van der Waals surface area contributed by atoms with Gasteiger partial charge in [0, 0.05) is 27.3 Å². The minimum atomic E-state index is -0.681. The van der Waals surface area contributed by atoms with E-state index < -0.39 is 6.10 Å². The largest absolute Gasteiger partial charge is 0.387 e. The molecule has 0 spiro atoms. The Morgan fingerprint density at radius 3 is 2.67 bits per heavy atom. The first-order valence-electron chi connectivity index (χ1n) is 4.89. The van der Waals surface area contributed by atoms with E-state index in [1.54, 1.807) is 17.8 Å². The Morgan fingerprint density at radius 2 is 2.13 bits per heavy atom. The van der Waals surface area contributed by atoms with Crippen LogP contribution in [0, 0.1) is 0 Å². The van der Waals surface area contributed by atoms with Gasteiger partial charge in [0.2, 0.25) is 0 Å². The molecule has 2 nitrogen and oxygen atoms in total. The average Bonchev–Trinajstić information content (AvgIpc) is 2.16. The van der Waals surface area contributed by atoms with Crippen molar-refractivity contribution in [1.29, 1.82) is 0 Å². The quantitative estimate of drug-likeness (QED) is 0.802. The molecule has 15 heavy (non-hydrogen) atoms. The third-order valence-electron chi connectivity index (χ3n) is 1.93. The highest BCUT2D eigenvalue weighted by Gasteiger charge is 2.15. The van der Waals surface area contributed by atoms with Gasteiger partial charge in [0.05, 0.1) is 6.10 Å². The maximum absolute atomic E-state index is 9.78. The van der Waals surface area contributed by atoms with Crippen LogP contribution in [-0.4, -0.2) is 16.9 Å². The fraction of sp³-hybridized carbons (Fsp3) is 0.455. The van der Waals surface area contributed by atoms with Crippen LogP contribution < -0.4 is 5.73 Å². The molecule has 0 aliphatic heterocycles. The van der Waals surface area contributed by atoms with Gasteiger partial charge in [-0.05, 0) is 12.1 Å². The Bertz CT molecular complexity index is 330. The van der Waals surface area contributed by atoms with Crippen LogP contribution in [0.1, 0.15) is 25.5 Å². The fourth-order valence-corrected chi connectivity index (χ4v) is 2.71. The molecule has 0 saturated carbocycles. The van der Waals surface area contributed by atoms with E-state index >= 15 is 0 Å². The van der Waals surface area contributed by atoms with Crippen molar-refractivity contribution in [3.05, 3.63) is 28.8 Å². The fourth-order valence-electron chi connectivity index (χ4n) is 1.32. The number of halogens is 1. The van der Waals surface area contributed by atoms with Gasteiger partial charge in [0.1, 0.15) is 0 Å². The summed E-state index contributed by atoms with van der Waals surface area (Å²) >= 11 is 7.74. The Morgan fingerprint density at radius 1 is 1.47 bits per heavy atom. The van der Waals surface area contributed by atoms with Gasteiger partial charge in [-0.1, -0.05) is 31.5 Å². The molecule has 0 amide bonds. The lowest BCUT2D eigenvalue weighted by atomic mass is 10.1. The second-order valence-electron chi connectivity index (χ2n) is 3.57. The van der Waals surface area contributed by atoms with Crippen molar-refractivity contribution in [3.8, 4) is 0 Å². The Kier molecular flexibility index (Phi) is 4.93. The molecular weight excluding hydrogens is 230 g/mol. The molecule has 1 aromatic rings. The van der Waals surface area contributed by atoms with Gasteiger partial charge in [-0.2, -0.15) is 0 Å². The molecule has 1 atom stereocenters. The lowest BCUT2D eigenvalue weighted by molar-refractivity contribution is 0.184. The molecule has 0 aliphatic rings. The predicted octanol–water partition coefficient (Wildman–Crippen LogP) is 2.83. The van der Waals surface area contributed by atoms with E-state index in [9.17, 15) is 5.11 Å². The van der Waals surface area contributed by atoms with E-state index in [4.69, 9.17) is 17.3 Å². The highest BCUT2D eigenvalue weighted by atomic mass is 35.5. The van der Waals surface area contributed by atoms with Crippen LogP contribution in [-0.2, 0) is 0 Å². The van der Waals surface area contributed by atoms with Crippen molar-refractivity contribution in [2.24, 2.45) is 5.73 Å². The van der Waals surface area contributed by atoms with E-state index in [1.807, 2.05) is 12.1 Å². The van der Waals surface area contributed by atoms with Crippen molar-refractivity contribution in [2.45, 2.75) is 30.1 Å². The Balaban J connectivity index is 3.08. The molecule has 4 heteroatoms. The van der Waals surface area contributed by atoms with Crippen molar-refractivity contribution >= 4 is 23.4 Å². The molecule has 1 rings (SSSR count). The molecule has 84 valence electrons. The molecule has 0 bridgehead atoms. The monoisotopic (exact) mass is 245 g/mol. The molecule has 0 aliphatic carbocycles. The summed E-state index contributed by atoms with van der Waals surface area (Å²) in [7, 11) is 0. The van der Waals surface area contributed by atoms with Crippen LogP contribution in [0.15, 0.2) is 23.1 Å². The normalized spacial score (nSPS) is 13.2. The summed E-state index contributed by atoms with van der Waals surface area (Å²) in [5.74, 6) is 0. The SMILES string of the molecule is CC(C)Sc1cccc(Cl)c1[C@@H](O)CN. The molecule has 0 saturated heterocycles. The maximum atomic E-state index is 9.78. The molecule has 0 heterocycles. The van der Waals surface area contributed by atoms with E-state index in [0.717, 1.165) is 10.5 Å². The van der Waals surface area contributed by atoms with Crippen molar-refractivity contribution < 1.29 is 5.11 Å². The van der Waals surface area contributed by atoms with Gasteiger partial charge in [0.15, 0.2) is 0 Å². The minimum Gasteiger partial charge on any atom is -0.387 e. The van der Waals surface area contributed by atoms with Crippen LogP contribution in [0.3, 0.4) is 0 Å². The number of aliphatic hydroxyl groups is 1. The van der Waals surface area contributed by atoms with Gasteiger partial charge < -0.3 is 10.8 Å². The number of nitrogens with two attached hydrogens (primary N) is 1. The third kappa shape index (κ3) is 3.38. The summed E-state index contributed by atoms with van der Waals surface area (Å²) < 4.78 is 0. The number of hydrogen-bond acceptors (Lipinski definition) is 3. The highest BCUT2D eigenvalue weighted by molar-refractivity contribution is 8.00. The Hall–Kier alpha value is -0.220. The van der Waals surface area contributed by atoms with Crippen LogP contribution >= 0.6 is 23.4 Å². The third-order valence-corrected chi connectivity index (χ3v) is 3.34. The standard InChI is InChI=1S/C11H16ClNOS/c1-7(2)15-10-5-3-4-8(12)11(10)9(14)6-13/h3-5,7,9,14H,6,13H2,1-2H3/t9-/m0/s1. The van der Waals surface area contributed by atoms with Crippen LogP contribution in [0.2, 0.25) is 5.02 Å². The van der Waals surface area contributed by atoms with E-state index in [2.05, 4.69) is 13.8 Å². The van der Waals surface area contributed by atoms with Gasteiger partial charge in [-0.25, -0.2) is 0 Å². The first kappa shape index (κ1) is 12.8. The van der Waals surface area contributed by atoms with Gasteiger partial charge in [-0.15, -0.1) is 11.8 Å². The second-order valence-corrected chi connectivity index (χ2v) is 5.60. The number of hydrogen-bond donors (Lipinski definition) is 2. The van der Waals surface area contributed by atoms with Crippen molar-refractivity contribution in [3.63, 3.8) is 0 Å². The van der Waals surface area contributed by atoms with E-state index in [0.29, 0.717) is 10.3 Å². The summed E-state index contributed by atoms with van der Waals surface area (Å²) in [6.07, 6.45) is -0.681. The zero-order valence-electron chi connectivity index (χ0n) is 8.90. The van der Waals surface area contributed by atoms with Gasteiger partial charge >= 0.3 is 0 Å². The molecular formula is C11H16ClNOS. The van der Waals surface area contributed by atoms with E-state index in [1.165, 1.54) is 0 Å². The second kappa shape index (κ2) is 5.75. The van der Waals surface area contributed by atoms with Crippen LogP contribution in [0.5, 0.6) is 0 Å². The van der Waals surface area contributed by atoms with Crippen LogP contribution in [0.25, 0.3) is 0 Å². The summed E-state index contributed by atoms with van der Waals surface area (Å²) in [5.41, 5.74) is 6.21. The molecule has 0 fully saturated rings. The summed E-state index contributed by atoms with van der Waals surface area (Å²) in [6.45, 7) is 4.39. The predicted molar refractivity (Wildman–Crippen MR) is 66.5 cm³/mol. The molecule has 0 radical (unpaired) electrons. The summed E-state index contributed by atoms with van der Waals surface area (Å²) in [6, 6.07) is 5.63. The lowest BCUT2D eigenvalue weighted by Crippen LogP contribution is -2.13. The highest BCUT2D eigenvalue weighted by Crippen LogP contribution is 2.34. The molecule has 0 aromatic heterocycles. The summed E-state index contributed by atoms with van der Waals surface area (Å²) in [5, 5.41) is 10.8. The van der Waals surface area contributed by atoms with Crippen molar-refractivity contribution in [2.75, 3.05) is 6.54 Å². The Labute approximate surface area is 99.8 Å². The maximum Gasteiger partial charge on any atom is 0.0937 e. The first-order valence-corrected chi connectivity index (χ1v) is 6.15.